The van der Waals surface area contributed by atoms with E-state index < -0.39 is 0 Å². The second-order valence-electron chi connectivity index (χ2n) is 3.51. The van der Waals surface area contributed by atoms with Gasteiger partial charge in [-0.3, -0.25) is 4.79 Å². The molecule has 0 bridgehead atoms. The van der Waals surface area contributed by atoms with Crippen LogP contribution in [0.1, 0.15) is 17.5 Å². The summed E-state index contributed by atoms with van der Waals surface area (Å²) in [4.78, 5) is 11.0. The van der Waals surface area contributed by atoms with Crippen LogP contribution in [0.15, 0.2) is 18.2 Å². The molecule has 0 spiro atoms. The van der Waals surface area contributed by atoms with Gasteiger partial charge in [0.05, 0.1) is 11.3 Å². The van der Waals surface area contributed by atoms with Gasteiger partial charge in [0.1, 0.15) is 6.07 Å². The highest BCUT2D eigenvalue weighted by Crippen LogP contribution is 2.16. The van der Waals surface area contributed by atoms with Crippen LogP contribution in [0.3, 0.4) is 0 Å². The molecule has 1 aromatic rings. The van der Waals surface area contributed by atoms with Gasteiger partial charge in [0.25, 0.3) is 0 Å². The monoisotopic (exact) mass is 217 g/mol. The molecule has 0 unspecified atom stereocenters. The number of anilines is 1. The number of rotatable bonds is 4. The summed E-state index contributed by atoms with van der Waals surface area (Å²) in [6.07, 6.45) is 0.398. The number of carbonyl (C=O) groups is 1. The van der Waals surface area contributed by atoms with Crippen molar-refractivity contribution in [1.29, 1.82) is 5.26 Å². The third kappa shape index (κ3) is 3.28. The molecule has 0 aliphatic carbocycles. The number of benzene rings is 1. The third-order valence-corrected chi connectivity index (χ3v) is 2.24. The maximum Gasteiger partial charge on any atom is 0.221 e. The zero-order chi connectivity index (χ0) is 12.0. The summed E-state index contributed by atoms with van der Waals surface area (Å²) in [6.45, 7) is 2.49. The molecule has 0 aliphatic rings. The average Bonchev–Trinajstić information content (AvgIpc) is 2.29. The van der Waals surface area contributed by atoms with Crippen LogP contribution in [-0.4, -0.2) is 19.5 Å². The predicted octanol–water partition coefficient (Wildman–Crippen LogP) is 1.41. The van der Waals surface area contributed by atoms with Gasteiger partial charge in [-0.15, -0.1) is 0 Å². The van der Waals surface area contributed by atoms with Crippen molar-refractivity contribution in [3.8, 4) is 6.07 Å². The van der Waals surface area contributed by atoms with Crippen LogP contribution < -0.4 is 10.6 Å². The Labute approximate surface area is 95.3 Å². The van der Waals surface area contributed by atoms with Crippen molar-refractivity contribution in [3.05, 3.63) is 29.3 Å². The summed E-state index contributed by atoms with van der Waals surface area (Å²) >= 11 is 0. The average molecular weight is 217 g/mol. The van der Waals surface area contributed by atoms with E-state index in [1.54, 1.807) is 13.1 Å². The predicted molar refractivity (Wildman–Crippen MR) is 63.1 cm³/mol. The van der Waals surface area contributed by atoms with Crippen LogP contribution in [0.4, 0.5) is 5.69 Å². The summed E-state index contributed by atoms with van der Waals surface area (Å²) in [5.41, 5.74) is 2.47. The van der Waals surface area contributed by atoms with E-state index in [2.05, 4.69) is 16.7 Å². The zero-order valence-electron chi connectivity index (χ0n) is 9.50. The lowest BCUT2D eigenvalue weighted by Gasteiger charge is -2.08. The Kier molecular flexibility index (Phi) is 4.34. The van der Waals surface area contributed by atoms with E-state index >= 15 is 0 Å². The van der Waals surface area contributed by atoms with E-state index in [1.807, 2.05) is 19.1 Å². The van der Waals surface area contributed by atoms with Crippen LogP contribution in [0.25, 0.3) is 0 Å². The van der Waals surface area contributed by atoms with Crippen LogP contribution in [-0.2, 0) is 4.79 Å². The Hall–Kier alpha value is -2.02. The molecule has 2 N–H and O–H groups in total. The van der Waals surface area contributed by atoms with Crippen molar-refractivity contribution < 1.29 is 4.79 Å². The number of hydrogen-bond acceptors (Lipinski definition) is 3. The standard InChI is InChI=1S/C12H15N3O/c1-9-3-4-10(8-13)11(7-9)15-6-5-12(16)14-2/h3-4,7,15H,5-6H2,1-2H3,(H,14,16). The van der Waals surface area contributed by atoms with Gasteiger partial charge in [0.2, 0.25) is 5.91 Å². The van der Waals surface area contributed by atoms with Crippen LogP contribution >= 0.6 is 0 Å². The molecule has 4 nitrogen and oxygen atoms in total. The van der Waals surface area contributed by atoms with Gasteiger partial charge in [0.15, 0.2) is 0 Å². The highest BCUT2D eigenvalue weighted by Gasteiger charge is 2.02. The molecular formula is C12H15N3O. The lowest BCUT2D eigenvalue weighted by molar-refractivity contribution is -0.120. The molecule has 0 aromatic heterocycles. The minimum absolute atomic E-state index is 0.0151. The number of hydrogen-bond donors (Lipinski definition) is 2. The molecule has 16 heavy (non-hydrogen) atoms. The molecule has 0 saturated carbocycles. The fourth-order valence-electron chi connectivity index (χ4n) is 1.34. The first-order chi connectivity index (χ1) is 7.67. The second kappa shape index (κ2) is 5.76. The van der Waals surface area contributed by atoms with E-state index in [4.69, 9.17) is 5.26 Å². The van der Waals surface area contributed by atoms with Gasteiger partial charge < -0.3 is 10.6 Å². The van der Waals surface area contributed by atoms with Crippen molar-refractivity contribution in [2.24, 2.45) is 0 Å². The lowest BCUT2D eigenvalue weighted by atomic mass is 10.1. The summed E-state index contributed by atoms with van der Waals surface area (Å²) in [7, 11) is 1.61. The molecule has 0 aliphatic heterocycles. The minimum Gasteiger partial charge on any atom is -0.383 e. The topological polar surface area (TPSA) is 64.9 Å². The number of nitrogens with zero attached hydrogens (tertiary/aromatic N) is 1. The Morgan fingerprint density at radius 1 is 1.50 bits per heavy atom. The Morgan fingerprint density at radius 3 is 2.88 bits per heavy atom. The first kappa shape index (κ1) is 12.1. The molecule has 0 radical (unpaired) electrons. The molecule has 1 rings (SSSR count). The summed E-state index contributed by atoms with van der Waals surface area (Å²) in [5, 5.41) is 14.5. The van der Waals surface area contributed by atoms with Crippen LogP contribution in [0.5, 0.6) is 0 Å². The number of carbonyl (C=O) groups excluding carboxylic acids is 1. The fraction of sp³-hybridized carbons (Fsp3) is 0.333. The quantitative estimate of drug-likeness (QED) is 0.801. The van der Waals surface area contributed by atoms with E-state index in [0.717, 1.165) is 11.3 Å². The number of aryl methyl sites for hydroxylation is 1. The van der Waals surface area contributed by atoms with Gasteiger partial charge in [-0.2, -0.15) is 5.26 Å². The summed E-state index contributed by atoms with van der Waals surface area (Å²) < 4.78 is 0. The molecule has 0 heterocycles. The van der Waals surface area contributed by atoms with Gasteiger partial charge in [-0.1, -0.05) is 6.07 Å². The Balaban J connectivity index is 2.63. The van der Waals surface area contributed by atoms with Gasteiger partial charge in [-0.05, 0) is 24.6 Å². The van der Waals surface area contributed by atoms with E-state index in [-0.39, 0.29) is 5.91 Å². The highest BCUT2D eigenvalue weighted by molar-refractivity contribution is 5.76. The van der Waals surface area contributed by atoms with Crippen molar-refractivity contribution in [2.75, 3.05) is 18.9 Å². The van der Waals surface area contributed by atoms with Gasteiger partial charge in [-0.25, -0.2) is 0 Å². The van der Waals surface area contributed by atoms with E-state index in [9.17, 15) is 4.79 Å². The first-order valence-corrected chi connectivity index (χ1v) is 5.12. The molecule has 0 saturated heterocycles. The zero-order valence-corrected chi connectivity index (χ0v) is 9.50. The van der Waals surface area contributed by atoms with Crippen LogP contribution in [0, 0.1) is 18.3 Å². The maximum atomic E-state index is 11.0. The number of nitrogens with one attached hydrogen (secondary N) is 2. The highest BCUT2D eigenvalue weighted by atomic mass is 16.1. The third-order valence-electron chi connectivity index (χ3n) is 2.24. The van der Waals surface area contributed by atoms with Crippen molar-refractivity contribution in [2.45, 2.75) is 13.3 Å². The molecule has 0 atom stereocenters. The lowest BCUT2D eigenvalue weighted by Crippen LogP contribution is -2.21. The van der Waals surface area contributed by atoms with Crippen LogP contribution in [0.2, 0.25) is 0 Å². The van der Waals surface area contributed by atoms with Crippen molar-refractivity contribution in [1.82, 2.24) is 5.32 Å². The smallest absolute Gasteiger partial charge is 0.221 e. The summed E-state index contributed by atoms with van der Waals surface area (Å²) in [6, 6.07) is 7.68. The maximum absolute atomic E-state index is 11.0. The van der Waals surface area contributed by atoms with Gasteiger partial charge >= 0.3 is 0 Å². The Morgan fingerprint density at radius 2 is 2.25 bits per heavy atom. The van der Waals surface area contributed by atoms with Gasteiger partial charge in [0, 0.05) is 20.0 Å². The SMILES string of the molecule is CNC(=O)CCNc1cc(C)ccc1C#N. The largest absolute Gasteiger partial charge is 0.383 e. The van der Waals surface area contributed by atoms with Crippen molar-refractivity contribution in [3.63, 3.8) is 0 Å². The van der Waals surface area contributed by atoms with E-state index in [0.29, 0.717) is 18.5 Å². The van der Waals surface area contributed by atoms with Crippen molar-refractivity contribution >= 4 is 11.6 Å². The normalized spacial score (nSPS) is 9.31. The molecular weight excluding hydrogens is 202 g/mol. The summed E-state index contributed by atoms with van der Waals surface area (Å²) in [5.74, 6) is -0.0151. The molecule has 0 fully saturated rings. The minimum atomic E-state index is -0.0151. The fourth-order valence-corrected chi connectivity index (χ4v) is 1.34. The number of amides is 1. The molecule has 84 valence electrons. The Bertz CT molecular complexity index is 421. The van der Waals surface area contributed by atoms with E-state index in [1.165, 1.54) is 0 Å². The molecule has 1 amide bonds. The number of nitriles is 1. The molecule has 1 aromatic carbocycles. The first-order valence-electron chi connectivity index (χ1n) is 5.12. The second-order valence-corrected chi connectivity index (χ2v) is 3.51. The molecule has 4 heteroatoms.